The van der Waals surface area contributed by atoms with Crippen LogP contribution in [0.3, 0.4) is 0 Å². The van der Waals surface area contributed by atoms with Gasteiger partial charge in [-0.3, -0.25) is 0 Å². The quantitative estimate of drug-likeness (QED) is 0.764. The van der Waals surface area contributed by atoms with E-state index in [1.807, 2.05) is 6.07 Å². The van der Waals surface area contributed by atoms with Crippen molar-refractivity contribution in [3.63, 3.8) is 0 Å². The van der Waals surface area contributed by atoms with E-state index in [1.165, 1.54) is 17.4 Å². The van der Waals surface area contributed by atoms with Crippen LogP contribution in [0.1, 0.15) is 4.88 Å². The number of anilines is 1. The average Bonchev–Trinajstić information content (AvgIpc) is 2.53. The van der Waals surface area contributed by atoms with E-state index in [0.29, 0.717) is 17.3 Å². The Balaban J connectivity index is 2.29. The van der Waals surface area contributed by atoms with Crippen molar-refractivity contribution in [1.82, 2.24) is 4.98 Å². The summed E-state index contributed by atoms with van der Waals surface area (Å²) in [6.45, 7) is 0.461. The zero-order chi connectivity index (χ0) is 11.1. The van der Waals surface area contributed by atoms with Crippen molar-refractivity contribution in [2.75, 3.05) is 12.3 Å². The molecule has 0 radical (unpaired) electrons. The predicted molar refractivity (Wildman–Crippen MR) is 61.1 cm³/mol. The fraction of sp³-hybridized carbons (Fsp3) is 0.182. The van der Waals surface area contributed by atoms with Crippen molar-refractivity contribution >= 4 is 16.5 Å². The normalized spacial score (nSPS) is 13.6. The first kappa shape index (κ1) is 9.59. The molecule has 2 heterocycles. The summed E-state index contributed by atoms with van der Waals surface area (Å²) in [5.74, 6) is -0.0662. The fourth-order valence-electron chi connectivity index (χ4n) is 1.84. The molecule has 1 aromatic heterocycles. The van der Waals surface area contributed by atoms with Crippen LogP contribution in [0.5, 0.6) is 5.75 Å². The minimum absolute atomic E-state index is 0.284. The Hall–Kier alpha value is -1.62. The lowest BCUT2D eigenvalue weighted by Crippen LogP contribution is -1.99. The Bertz CT molecular complexity index is 553. The van der Waals surface area contributed by atoms with Crippen molar-refractivity contribution in [2.45, 2.75) is 6.42 Å². The number of ether oxygens (including phenoxy) is 1. The highest BCUT2D eigenvalue weighted by molar-refractivity contribution is 7.15. The lowest BCUT2D eigenvalue weighted by Gasteiger charge is -2.06. The highest BCUT2D eigenvalue weighted by Gasteiger charge is 2.21. The highest BCUT2D eigenvalue weighted by Crippen LogP contribution is 2.39. The SMILES string of the molecule is Nc1nc2c(s1)CCOc1c(F)cccc1-2. The second kappa shape index (κ2) is 3.45. The molecular formula is C11H9FN2OS. The Kier molecular flexibility index (Phi) is 2.07. The smallest absolute Gasteiger partial charge is 0.180 e. The zero-order valence-electron chi connectivity index (χ0n) is 8.37. The van der Waals surface area contributed by atoms with Gasteiger partial charge in [0.2, 0.25) is 0 Å². The molecule has 0 fully saturated rings. The van der Waals surface area contributed by atoms with Crippen LogP contribution < -0.4 is 10.5 Å². The molecule has 3 rings (SSSR count). The van der Waals surface area contributed by atoms with E-state index in [0.717, 1.165) is 17.0 Å². The van der Waals surface area contributed by atoms with Crippen LogP contribution in [0.15, 0.2) is 18.2 Å². The second-order valence-corrected chi connectivity index (χ2v) is 4.65. The first-order valence-corrected chi connectivity index (χ1v) is 5.74. The monoisotopic (exact) mass is 236 g/mol. The molecule has 0 saturated carbocycles. The van der Waals surface area contributed by atoms with Gasteiger partial charge in [0.25, 0.3) is 0 Å². The molecule has 3 nitrogen and oxygen atoms in total. The molecule has 2 N–H and O–H groups in total. The molecule has 16 heavy (non-hydrogen) atoms. The van der Waals surface area contributed by atoms with Gasteiger partial charge < -0.3 is 10.5 Å². The number of hydrogen-bond acceptors (Lipinski definition) is 4. The van der Waals surface area contributed by atoms with Crippen molar-refractivity contribution in [1.29, 1.82) is 0 Å². The van der Waals surface area contributed by atoms with Crippen molar-refractivity contribution in [3.8, 4) is 17.0 Å². The van der Waals surface area contributed by atoms with Gasteiger partial charge in [-0.05, 0) is 12.1 Å². The number of para-hydroxylation sites is 1. The Morgan fingerprint density at radius 1 is 1.44 bits per heavy atom. The van der Waals surface area contributed by atoms with E-state index < -0.39 is 0 Å². The first-order chi connectivity index (χ1) is 7.75. The molecule has 0 bridgehead atoms. The molecule has 0 aliphatic carbocycles. The molecule has 1 aliphatic heterocycles. The van der Waals surface area contributed by atoms with E-state index in [1.54, 1.807) is 6.07 Å². The number of fused-ring (bicyclic) bond motifs is 3. The van der Waals surface area contributed by atoms with Crippen LogP contribution in [0.2, 0.25) is 0 Å². The summed E-state index contributed by atoms with van der Waals surface area (Å²) in [6, 6.07) is 4.85. The maximum absolute atomic E-state index is 13.6. The van der Waals surface area contributed by atoms with Crippen molar-refractivity contribution in [2.24, 2.45) is 0 Å². The second-order valence-electron chi connectivity index (χ2n) is 3.54. The van der Waals surface area contributed by atoms with Crippen LogP contribution in [0.4, 0.5) is 9.52 Å². The van der Waals surface area contributed by atoms with E-state index in [-0.39, 0.29) is 11.6 Å². The van der Waals surface area contributed by atoms with E-state index >= 15 is 0 Å². The Labute approximate surface area is 95.7 Å². The van der Waals surface area contributed by atoms with Gasteiger partial charge in [-0.15, -0.1) is 11.3 Å². The summed E-state index contributed by atoms with van der Waals surface area (Å²) in [5, 5.41) is 0.516. The van der Waals surface area contributed by atoms with Crippen molar-refractivity contribution < 1.29 is 9.13 Å². The molecule has 82 valence electrons. The molecule has 0 unspecified atom stereocenters. The minimum atomic E-state index is -0.350. The van der Waals surface area contributed by atoms with Crippen LogP contribution in [0, 0.1) is 5.82 Å². The number of aromatic nitrogens is 1. The number of nitrogens with zero attached hydrogens (tertiary/aromatic N) is 1. The maximum atomic E-state index is 13.6. The number of benzene rings is 1. The first-order valence-electron chi connectivity index (χ1n) is 4.92. The summed E-state index contributed by atoms with van der Waals surface area (Å²) in [7, 11) is 0. The van der Waals surface area contributed by atoms with Crippen LogP contribution in [-0.2, 0) is 6.42 Å². The van der Waals surface area contributed by atoms with Gasteiger partial charge >= 0.3 is 0 Å². The highest BCUT2D eigenvalue weighted by atomic mass is 32.1. The summed E-state index contributed by atoms with van der Waals surface area (Å²) < 4.78 is 19.0. The van der Waals surface area contributed by atoms with E-state index in [9.17, 15) is 4.39 Å². The molecule has 0 saturated heterocycles. The third-order valence-electron chi connectivity index (χ3n) is 2.51. The number of nitrogen functional groups attached to an aromatic ring is 1. The Morgan fingerprint density at radius 3 is 3.19 bits per heavy atom. The fourth-order valence-corrected chi connectivity index (χ4v) is 2.66. The largest absolute Gasteiger partial charge is 0.489 e. The molecule has 0 spiro atoms. The number of thiazole rings is 1. The lowest BCUT2D eigenvalue weighted by atomic mass is 10.1. The molecule has 0 amide bonds. The van der Waals surface area contributed by atoms with E-state index in [2.05, 4.69) is 4.98 Å². The molecular weight excluding hydrogens is 227 g/mol. The van der Waals surface area contributed by atoms with Gasteiger partial charge in [0, 0.05) is 16.9 Å². The minimum Gasteiger partial charge on any atom is -0.489 e. The molecule has 2 aromatic rings. The predicted octanol–water partition coefficient (Wildman–Crippen LogP) is 2.47. The Morgan fingerprint density at radius 2 is 2.31 bits per heavy atom. The zero-order valence-corrected chi connectivity index (χ0v) is 9.18. The molecule has 1 aromatic carbocycles. The third kappa shape index (κ3) is 1.36. The molecule has 1 aliphatic rings. The summed E-state index contributed by atoms with van der Waals surface area (Å²) in [6.07, 6.45) is 0.721. The molecule has 0 atom stereocenters. The number of halogens is 1. The summed E-state index contributed by atoms with van der Waals surface area (Å²) in [5.41, 5.74) is 7.13. The number of nitrogens with two attached hydrogens (primary N) is 1. The van der Waals surface area contributed by atoms with Gasteiger partial charge in [0.15, 0.2) is 16.7 Å². The molecule has 5 heteroatoms. The standard InChI is InChI=1S/C11H9FN2OS/c12-7-3-1-2-6-9-8(16-11(13)14-9)4-5-15-10(6)7/h1-3H,4-5H2,(H2,13,14). The third-order valence-corrected chi connectivity index (χ3v) is 3.46. The van der Waals surface area contributed by atoms with Gasteiger partial charge in [0.05, 0.1) is 12.3 Å². The summed E-state index contributed by atoms with van der Waals surface area (Å²) >= 11 is 1.44. The van der Waals surface area contributed by atoms with Gasteiger partial charge in [-0.25, -0.2) is 9.37 Å². The summed E-state index contributed by atoms with van der Waals surface area (Å²) in [4.78, 5) is 5.30. The number of hydrogen-bond donors (Lipinski definition) is 1. The van der Waals surface area contributed by atoms with E-state index in [4.69, 9.17) is 10.5 Å². The van der Waals surface area contributed by atoms with Gasteiger partial charge in [0.1, 0.15) is 0 Å². The van der Waals surface area contributed by atoms with Gasteiger partial charge in [-0.1, -0.05) is 6.07 Å². The van der Waals surface area contributed by atoms with Crippen LogP contribution >= 0.6 is 11.3 Å². The number of rotatable bonds is 0. The van der Waals surface area contributed by atoms with Crippen molar-refractivity contribution in [3.05, 3.63) is 28.9 Å². The van der Waals surface area contributed by atoms with Crippen LogP contribution in [0.25, 0.3) is 11.3 Å². The maximum Gasteiger partial charge on any atom is 0.180 e. The average molecular weight is 236 g/mol. The topological polar surface area (TPSA) is 48.1 Å². The van der Waals surface area contributed by atoms with Gasteiger partial charge in [-0.2, -0.15) is 0 Å². The lowest BCUT2D eigenvalue weighted by molar-refractivity contribution is 0.310. The van der Waals surface area contributed by atoms with Crippen LogP contribution in [-0.4, -0.2) is 11.6 Å².